The van der Waals surface area contributed by atoms with Crippen LogP contribution in [0.4, 0.5) is 0 Å². The summed E-state index contributed by atoms with van der Waals surface area (Å²) in [5, 5.41) is 11.2. The Labute approximate surface area is 66.2 Å². The van der Waals surface area contributed by atoms with Crippen LogP contribution in [0, 0.1) is 0 Å². The Balaban J connectivity index is 3.50. The van der Waals surface area contributed by atoms with Gasteiger partial charge in [0.25, 0.3) is 0 Å². The summed E-state index contributed by atoms with van der Waals surface area (Å²) in [6.07, 6.45) is 1.48. The number of hydrogen-bond acceptors (Lipinski definition) is 3. The monoisotopic (exact) mass is 163 g/mol. The molecule has 0 aromatic carbocycles. The zero-order valence-electron chi connectivity index (χ0n) is 6.00. The standard InChI is InChI=1S/C6H13NO2S/c1-7-5(6(8)9)3-2-4-10/h5,7,10H,2-4H2,1H3,(H,8,9). The molecule has 3 nitrogen and oxygen atoms in total. The van der Waals surface area contributed by atoms with E-state index in [1.807, 2.05) is 0 Å². The molecular weight excluding hydrogens is 150 g/mol. The van der Waals surface area contributed by atoms with Crippen molar-refractivity contribution in [1.82, 2.24) is 5.32 Å². The fourth-order valence-electron chi connectivity index (χ4n) is 0.687. The van der Waals surface area contributed by atoms with Crippen LogP contribution >= 0.6 is 12.6 Å². The largest absolute Gasteiger partial charge is 0.480 e. The van der Waals surface area contributed by atoms with Gasteiger partial charge in [0.15, 0.2) is 0 Å². The lowest BCUT2D eigenvalue weighted by atomic mass is 10.2. The summed E-state index contributed by atoms with van der Waals surface area (Å²) in [6.45, 7) is 0. The third kappa shape index (κ3) is 3.74. The molecule has 60 valence electrons. The first-order chi connectivity index (χ1) is 4.72. The molecule has 0 aliphatic carbocycles. The van der Waals surface area contributed by atoms with Crippen molar-refractivity contribution >= 4 is 18.6 Å². The summed E-state index contributed by atoms with van der Waals surface area (Å²) >= 11 is 3.98. The molecule has 4 heteroatoms. The third-order valence-electron chi connectivity index (χ3n) is 1.30. The van der Waals surface area contributed by atoms with Gasteiger partial charge in [-0.2, -0.15) is 12.6 Å². The van der Waals surface area contributed by atoms with Crippen LogP contribution in [0.3, 0.4) is 0 Å². The molecule has 0 fully saturated rings. The van der Waals surface area contributed by atoms with Gasteiger partial charge < -0.3 is 10.4 Å². The van der Waals surface area contributed by atoms with Gasteiger partial charge in [-0.15, -0.1) is 0 Å². The second-order valence-electron chi connectivity index (χ2n) is 2.05. The van der Waals surface area contributed by atoms with Gasteiger partial charge in [-0.25, -0.2) is 0 Å². The molecule has 1 unspecified atom stereocenters. The molecule has 0 aliphatic heterocycles. The molecule has 0 amide bonds. The van der Waals surface area contributed by atoms with Crippen LogP contribution in [0.15, 0.2) is 0 Å². The van der Waals surface area contributed by atoms with E-state index in [0.717, 1.165) is 12.2 Å². The van der Waals surface area contributed by atoms with Gasteiger partial charge in [0.2, 0.25) is 0 Å². The zero-order valence-corrected chi connectivity index (χ0v) is 6.90. The zero-order chi connectivity index (χ0) is 7.98. The van der Waals surface area contributed by atoms with Crippen LogP contribution in [0.1, 0.15) is 12.8 Å². The van der Waals surface area contributed by atoms with Gasteiger partial charge >= 0.3 is 5.97 Å². The molecule has 0 aromatic rings. The molecular formula is C6H13NO2S. The molecule has 0 spiro atoms. The van der Waals surface area contributed by atoms with Crippen molar-refractivity contribution in [3.8, 4) is 0 Å². The van der Waals surface area contributed by atoms with E-state index in [0.29, 0.717) is 6.42 Å². The Kier molecular flexibility index (Phi) is 5.43. The fraction of sp³-hybridized carbons (Fsp3) is 0.833. The van der Waals surface area contributed by atoms with E-state index >= 15 is 0 Å². The second-order valence-corrected chi connectivity index (χ2v) is 2.49. The van der Waals surface area contributed by atoms with Crippen LogP contribution in [0.25, 0.3) is 0 Å². The lowest BCUT2D eigenvalue weighted by molar-refractivity contribution is -0.139. The predicted octanol–water partition coefficient (Wildman–Crippen LogP) is 0.369. The predicted molar refractivity (Wildman–Crippen MR) is 43.6 cm³/mol. The van der Waals surface area contributed by atoms with Crippen LogP contribution in [0.5, 0.6) is 0 Å². The molecule has 0 bridgehead atoms. The number of carboxylic acids is 1. The number of hydrogen-bond donors (Lipinski definition) is 3. The molecule has 10 heavy (non-hydrogen) atoms. The van der Waals surface area contributed by atoms with Crippen LogP contribution in [-0.2, 0) is 4.79 Å². The quantitative estimate of drug-likeness (QED) is 0.513. The van der Waals surface area contributed by atoms with Gasteiger partial charge in [0.1, 0.15) is 6.04 Å². The van der Waals surface area contributed by atoms with E-state index in [1.54, 1.807) is 7.05 Å². The first-order valence-electron chi connectivity index (χ1n) is 3.23. The maximum atomic E-state index is 10.3. The summed E-state index contributed by atoms with van der Waals surface area (Å²) < 4.78 is 0. The molecule has 2 N–H and O–H groups in total. The molecule has 0 saturated heterocycles. The summed E-state index contributed by atoms with van der Waals surface area (Å²) in [7, 11) is 1.65. The highest BCUT2D eigenvalue weighted by molar-refractivity contribution is 7.80. The lowest BCUT2D eigenvalue weighted by Crippen LogP contribution is -2.33. The number of carbonyl (C=O) groups is 1. The van der Waals surface area contributed by atoms with Gasteiger partial charge in [-0.1, -0.05) is 0 Å². The first kappa shape index (κ1) is 9.78. The Bertz CT molecular complexity index is 108. The average Bonchev–Trinajstić information content (AvgIpc) is 1.89. The highest BCUT2D eigenvalue weighted by Gasteiger charge is 2.12. The van der Waals surface area contributed by atoms with Gasteiger partial charge in [0, 0.05) is 0 Å². The van der Waals surface area contributed by atoms with E-state index in [1.165, 1.54) is 0 Å². The molecule has 0 aliphatic rings. The Morgan fingerprint density at radius 2 is 2.40 bits per heavy atom. The SMILES string of the molecule is CNC(CCCS)C(=O)O. The third-order valence-corrected chi connectivity index (χ3v) is 1.61. The van der Waals surface area contributed by atoms with E-state index in [2.05, 4.69) is 17.9 Å². The van der Waals surface area contributed by atoms with Crippen LogP contribution < -0.4 is 5.32 Å². The molecule has 1 atom stereocenters. The Hall–Kier alpha value is -0.220. The highest BCUT2D eigenvalue weighted by Crippen LogP contribution is 1.97. The average molecular weight is 163 g/mol. The van der Waals surface area contributed by atoms with Gasteiger partial charge in [0.05, 0.1) is 0 Å². The second kappa shape index (κ2) is 5.56. The molecule has 0 aromatic heterocycles. The molecule has 0 saturated carbocycles. The highest BCUT2D eigenvalue weighted by atomic mass is 32.1. The number of aliphatic carboxylic acids is 1. The van der Waals surface area contributed by atoms with E-state index < -0.39 is 12.0 Å². The van der Waals surface area contributed by atoms with Crippen molar-refractivity contribution in [3.05, 3.63) is 0 Å². The summed E-state index contributed by atoms with van der Waals surface area (Å²) in [5.41, 5.74) is 0. The maximum Gasteiger partial charge on any atom is 0.320 e. The first-order valence-corrected chi connectivity index (χ1v) is 3.86. The van der Waals surface area contributed by atoms with Crippen molar-refractivity contribution in [3.63, 3.8) is 0 Å². The van der Waals surface area contributed by atoms with Crippen molar-refractivity contribution in [2.45, 2.75) is 18.9 Å². The summed E-state index contributed by atoms with van der Waals surface area (Å²) in [4.78, 5) is 10.3. The van der Waals surface area contributed by atoms with Crippen molar-refractivity contribution in [2.75, 3.05) is 12.8 Å². The van der Waals surface area contributed by atoms with Crippen LogP contribution in [-0.4, -0.2) is 29.9 Å². The van der Waals surface area contributed by atoms with Gasteiger partial charge in [-0.3, -0.25) is 4.79 Å². The van der Waals surface area contributed by atoms with Crippen molar-refractivity contribution in [2.24, 2.45) is 0 Å². The Morgan fingerprint density at radius 1 is 1.80 bits per heavy atom. The number of likely N-dealkylation sites (N-methyl/N-ethyl adjacent to an activating group) is 1. The Morgan fingerprint density at radius 3 is 2.70 bits per heavy atom. The van der Waals surface area contributed by atoms with E-state index in [9.17, 15) is 4.79 Å². The van der Waals surface area contributed by atoms with Gasteiger partial charge in [-0.05, 0) is 25.6 Å². The number of carboxylic acid groups (broad SMARTS) is 1. The molecule has 0 radical (unpaired) electrons. The number of rotatable bonds is 5. The minimum absolute atomic E-state index is 0.410. The normalized spacial score (nSPS) is 13.0. The number of thiol groups is 1. The maximum absolute atomic E-state index is 10.3. The number of nitrogens with one attached hydrogen (secondary N) is 1. The summed E-state index contributed by atoms with van der Waals surface area (Å²) in [6, 6.07) is -0.410. The lowest BCUT2D eigenvalue weighted by Gasteiger charge is -2.08. The molecule has 0 heterocycles. The summed E-state index contributed by atoms with van der Waals surface area (Å²) in [5.74, 6) is -0.0462. The van der Waals surface area contributed by atoms with Crippen molar-refractivity contribution in [1.29, 1.82) is 0 Å². The molecule has 0 rings (SSSR count). The van der Waals surface area contributed by atoms with E-state index in [-0.39, 0.29) is 0 Å². The smallest absolute Gasteiger partial charge is 0.320 e. The minimum atomic E-state index is -0.788. The fourth-order valence-corrected chi connectivity index (χ4v) is 0.869. The topological polar surface area (TPSA) is 49.3 Å². The minimum Gasteiger partial charge on any atom is -0.480 e. The van der Waals surface area contributed by atoms with E-state index in [4.69, 9.17) is 5.11 Å². The van der Waals surface area contributed by atoms with Crippen molar-refractivity contribution < 1.29 is 9.90 Å². The van der Waals surface area contributed by atoms with Crippen LogP contribution in [0.2, 0.25) is 0 Å².